The van der Waals surface area contributed by atoms with Gasteiger partial charge in [-0.05, 0) is 44.9 Å². The third-order valence-electron chi connectivity index (χ3n) is 4.32. The first kappa shape index (κ1) is 18.8. The molecule has 0 aromatic heterocycles. The summed E-state index contributed by atoms with van der Waals surface area (Å²) >= 11 is 0. The topological polar surface area (TPSA) is 83.7 Å². The van der Waals surface area contributed by atoms with Crippen molar-refractivity contribution in [3.8, 4) is 0 Å². The van der Waals surface area contributed by atoms with Crippen LogP contribution in [0.15, 0.2) is 23.1 Å². The van der Waals surface area contributed by atoms with E-state index in [-0.39, 0.29) is 18.9 Å². The fraction of sp³-hybridized carbons (Fsp3) is 0.562. The van der Waals surface area contributed by atoms with Crippen molar-refractivity contribution in [1.82, 2.24) is 9.21 Å². The summed E-state index contributed by atoms with van der Waals surface area (Å²) in [6, 6.07) is 2.61. The summed E-state index contributed by atoms with van der Waals surface area (Å²) in [4.78, 5) is 13.8. The fourth-order valence-electron chi connectivity index (χ4n) is 3.01. The molecule has 2 rings (SSSR count). The average molecular weight is 357 g/mol. The van der Waals surface area contributed by atoms with E-state index in [1.165, 1.54) is 18.2 Å². The summed E-state index contributed by atoms with van der Waals surface area (Å²) in [5, 5.41) is 0. The molecule has 0 radical (unpaired) electrons. The molecule has 6 nitrogen and oxygen atoms in total. The van der Waals surface area contributed by atoms with E-state index in [2.05, 4.69) is 0 Å². The Balaban J connectivity index is 2.41. The molecule has 24 heavy (non-hydrogen) atoms. The van der Waals surface area contributed by atoms with Gasteiger partial charge in [-0.15, -0.1) is 0 Å². The number of rotatable bonds is 5. The van der Waals surface area contributed by atoms with Crippen LogP contribution in [0.25, 0.3) is 0 Å². The Morgan fingerprint density at radius 3 is 2.54 bits per heavy atom. The predicted molar refractivity (Wildman–Crippen MR) is 89.3 cm³/mol. The van der Waals surface area contributed by atoms with E-state index in [1.54, 1.807) is 11.8 Å². The van der Waals surface area contributed by atoms with Crippen molar-refractivity contribution < 1.29 is 17.6 Å². The number of likely N-dealkylation sites (N-methyl/N-ethyl adjacent to an activating group) is 1. The minimum Gasteiger partial charge on any atom is -0.342 e. The molecule has 0 saturated carbocycles. The Bertz CT molecular complexity index is 719. The van der Waals surface area contributed by atoms with Gasteiger partial charge in [0.25, 0.3) is 0 Å². The smallest absolute Gasteiger partial charge is 0.246 e. The molecule has 0 unspecified atom stereocenters. The summed E-state index contributed by atoms with van der Waals surface area (Å²) in [6.45, 7) is 6.30. The second-order valence-electron chi connectivity index (χ2n) is 6.03. The van der Waals surface area contributed by atoms with Crippen LogP contribution in [-0.2, 0) is 14.8 Å². The highest BCUT2D eigenvalue weighted by molar-refractivity contribution is 7.89. The van der Waals surface area contributed by atoms with Gasteiger partial charge in [-0.1, -0.05) is 6.07 Å². The van der Waals surface area contributed by atoms with Gasteiger partial charge < -0.3 is 10.6 Å². The van der Waals surface area contributed by atoms with Gasteiger partial charge in [0, 0.05) is 25.7 Å². The lowest BCUT2D eigenvalue weighted by molar-refractivity contribution is -0.134. The molecular weight excluding hydrogens is 333 g/mol. The van der Waals surface area contributed by atoms with Gasteiger partial charge in [0.1, 0.15) is 16.8 Å². The largest absolute Gasteiger partial charge is 0.342 e. The lowest BCUT2D eigenvalue weighted by atomic mass is 10.1. The average Bonchev–Trinajstić information content (AvgIpc) is 2.90. The van der Waals surface area contributed by atoms with Crippen LogP contribution in [0, 0.1) is 12.7 Å². The van der Waals surface area contributed by atoms with E-state index in [9.17, 15) is 17.6 Å². The third-order valence-corrected chi connectivity index (χ3v) is 6.23. The van der Waals surface area contributed by atoms with Crippen LogP contribution in [0.3, 0.4) is 0 Å². The summed E-state index contributed by atoms with van der Waals surface area (Å²) in [5.41, 5.74) is 6.53. The van der Waals surface area contributed by atoms with Crippen LogP contribution in [0.2, 0.25) is 0 Å². The first-order valence-corrected chi connectivity index (χ1v) is 9.48. The highest BCUT2D eigenvalue weighted by atomic mass is 32.2. The normalized spacial score (nSPS) is 21.9. The molecule has 134 valence electrons. The SMILES string of the molecule is CCN(CC)C(=O)[C@@H]1C[C@@H](N)CN1S(=O)(=O)c1ccc(C)cc1F. The summed E-state index contributed by atoms with van der Waals surface area (Å²) in [6.07, 6.45) is 0.238. The number of carbonyl (C=O) groups excluding carboxylic acids is 1. The predicted octanol–water partition coefficient (Wildman–Crippen LogP) is 1.09. The Hall–Kier alpha value is -1.51. The molecule has 1 aromatic carbocycles. The van der Waals surface area contributed by atoms with Crippen LogP contribution >= 0.6 is 0 Å². The number of carbonyl (C=O) groups is 1. The lowest BCUT2D eigenvalue weighted by Crippen LogP contribution is -2.47. The van der Waals surface area contributed by atoms with Crippen molar-refractivity contribution >= 4 is 15.9 Å². The van der Waals surface area contributed by atoms with Gasteiger partial charge in [-0.2, -0.15) is 4.31 Å². The molecule has 1 saturated heterocycles. The van der Waals surface area contributed by atoms with Crippen molar-refractivity contribution in [1.29, 1.82) is 0 Å². The van der Waals surface area contributed by atoms with Crippen LogP contribution < -0.4 is 5.73 Å². The zero-order chi connectivity index (χ0) is 18.1. The second-order valence-corrected chi connectivity index (χ2v) is 7.89. The molecular formula is C16H24FN3O3S. The van der Waals surface area contributed by atoms with E-state index in [0.717, 1.165) is 4.31 Å². The number of benzene rings is 1. The zero-order valence-corrected chi connectivity index (χ0v) is 15.0. The van der Waals surface area contributed by atoms with E-state index in [0.29, 0.717) is 18.7 Å². The zero-order valence-electron chi connectivity index (χ0n) is 14.2. The van der Waals surface area contributed by atoms with Crippen LogP contribution in [0.1, 0.15) is 25.8 Å². The Morgan fingerprint density at radius 1 is 1.38 bits per heavy atom. The van der Waals surface area contributed by atoms with E-state index < -0.39 is 32.8 Å². The van der Waals surface area contributed by atoms with E-state index >= 15 is 0 Å². The highest BCUT2D eigenvalue weighted by Crippen LogP contribution is 2.28. The molecule has 0 aliphatic carbocycles. The van der Waals surface area contributed by atoms with Gasteiger partial charge in [0.15, 0.2) is 0 Å². The Labute approximate surface area is 142 Å². The van der Waals surface area contributed by atoms with Gasteiger partial charge >= 0.3 is 0 Å². The molecule has 8 heteroatoms. The fourth-order valence-corrected chi connectivity index (χ4v) is 4.71. The quantitative estimate of drug-likeness (QED) is 0.855. The second kappa shape index (κ2) is 7.16. The standard InChI is InChI=1S/C16H24FN3O3S/c1-4-19(5-2)16(21)14-9-12(18)10-20(14)24(22,23)15-7-6-11(3)8-13(15)17/h6-8,12,14H,4-5,9-10,18H2,1-3H3/t12-,14+/m1/s1. The van der Waals surface area contributed by atoms with Crippen LogP contribution in [0.4, 0.5) is 4.39 Å². The Morgan fingerprint density at radius 2 is 2.00 bits per heavy atom. The number of aryl methyl sites for hydroxylation is 1. The van der Waals surface area contributed by atoms with Crippen LogP contribution in [-0.4, -0.2) is 55.2 Å². The first-order chi connectivity index (χ1) is 11.2. The molecule has 0 spiro atoms. The van der Waals surface area contributed by atoms with Gasteiger partial charge in [-0.25, -0.2) is 12.8 Å². The molecule has 1 fully saturated rings. The summed E-state index contributed by atoms with van der Waals surface area (Å²) < 4.78 is 41.0. The molecule has 2 atom stereocenters. The van der Waals surface area contributed by atoms with Crippen molar-refractivity contribution in [2.45, 2.75) is 44.2 Å². The number of hydrogen-bond acceptors (Lipinski definition) is 4. The van der Waals surface area contributed by atoms with Crippen molar-refractivity contribution in [3.05, 3.63) is 29.6 Å². The third kappa shape index (κ3) is 3.45. The lowest BCUT2D eigenvalue weighted by Gasteiger charge is -2.28. The van der Waals surface area contributed by atoms with Crippen molar-refractivity contribution in [2.24, 2.45) is 5.73 Å². The number of sulfonamides is 1. The maximum atomic E-state index is 14.2. The minimum absolute atomic E-state index is 0.00727. The monoisotopic (exact) mass is 357 g/mol. The first-order valence-electron chi connectivity index (χ1n) is 8.04. The maximum Gasteiger partial charge on any atom is 0.246 e. The maximum absolute atomic E-state index is 14.2. The summed E-state index contributed by atoms with van der Waals surface area (Å²) in [5.74, 6) is -1.10. The molecule has 0 bridgehead atoms. The van der Waals surface area contributed by atoms with Gasteiger partial charge in [-0.3, -0.25) is 4.79 Å². The van der Waals surface area contributed by atoms with Crippen molar-refractivity contribution in [3.63, 3.8) is 0 Å². The van der Waals surface area contributed by atoms with Gasteiger partial charge in [0.05, 0.1) is 0 Å². The molecule has 1 aliphatic rings. The van der Waals surface area contributed by atoms with E-state index in [1.807, 2.05) is 13.8 Å². The number of nitrogens with zero attached hydrogens (tertiary/aromatic N) is 2. The molecule has 2 N–H and O–H groups in total. The molecule has 1 heterocycles. The molecule has 1 aromatic rings. The van der Waals surface area contributed by atoms with Gasteiger partial charge in [0.2, 0.25) is 15.9 Å². The Kier molecular flexibility index (Phi) is 5.62. The number of halogens is 1. The minimum atomic E-state index is -4.13. The van der Waals surface area contributed by atoms with E-state index in [4.69, 9.17) is 5.73 Å². The molecule has 1 aliphatic heterocycles. The van der Waals surface area contributed by atoms with Crippen molar-refractivity contribution in [2.75, 3.05) is 19.6 Å². The summed E-state index contributed by atoms with van der Waals surface area (Å²) in [7, 11) is -4.13. The number of hydrogen-bond donors (Lipinski definition) is 1. The number of nitrogens with two attached hydrogens (primary N) is 1. The highest BCUT2D eigenvalue weighted by Gasteiger charge is 2.44. The number of amides is 1. The van der Waals surface area contributed by atoms with Crippen LogP contribution in [0.5, 0.6) is 0 Å². The molecule has 1 amide bonds.